The number of sulfonamides is 1. The van der Waals surface area contributed by atoms with Gasteiger partial charge in [-0.3, -0.25) is 4.79 Å². The molecule has 1 fully saturated rings. The summed E-state index contributed by atoms with van der Waals surface area (Å²) in [5.41, 5.74) is 11.2. The zero-order valence-corrected chi connectivity index (χ0v) is 14.7. The third kappa shape index (κ3) is 3.09. The van der Waals surface area contributed by atoms with Crippen molar-refractivity contribution in [1.82, 2.24) is 4.31 Å². The van der Waals surface area contributed by atoms with Crippen LogP contribution in [0.15, 0.2) is 26.0 Å². The summed E-state index contributed by atoms with van der Waals surface area (Å²) < 4.78 is 27.0. The topological polar surface area (TPSA) is 127 Å². The summed E-state index contributed by atoms with van der Waals surface area (Å²) in [5, 5.41) is 9.65. The van der Waals surface area contributed by atoms with Crippen LogP contribution in [0.5, 0.6) is 0 Å². The molecular formula is C11H13Br2N3O4S. The molecule has 0 aromatic heterocycles. The second-order valence-corrected chi connectivity index (χ2v) is 8.23. The predicted octanol–water partition coefficient (Wildman–Crippen LogP) is 0.403. The number of nitrogens with zero attached hydrogens (tertiary/aromatic N) is 1. The van der Waals surface area contributed by atoms with Gasteiger partial charge < -0.3 is 16.6 Å². The lowest BCUT2D eigenvalue weighted by Crippen LogP contribution is -2.43. The molecule has 0 radical (unpaired) electrons. The van der Waals surface area contributed by atoms with Crippen LogP contribution >= 0.6 is 31.9 Å². The Bertz CT molecular complexity index is 672. The number of rotatable bonds is 3. The molecule has 1 aliphatic rings. The number of amides is 1. The smallest absolute Gasteiger partial charge is 0.246 e. The van der Waals surface area contributed by atoms with Crippen LogP contribution in [0.1, 0.15) is 6.42 Å². The predicted molar refractivity (Wildman–Crippen MR) is 83.8 cm³/mol. The molecular weight excluding hydrogens is 430 g/mol. The van der Waals surface area contributed by atoms with Gasteiger partial charge in [0, 0.05) is 27.6 Å². The molecule has 1 aliphatic heterocycles. The second-order valence-electron chi connectivity index (χ2n) is 4.70. The first-order valence-corrected chi connectivity index (χ1v) is 8.91. The molecule has 7 nitrogen and oxygen atoms in total. The molecule has 1 saturated heterocycles. The minimum atomic E-state index is -4.02. The quantitative estimate of drug-likeness (QED) is 0.584. The number of benzene rings is 1. The van der Waals surface area contributed by atoms with Crippen molar-refractivity contribution >= 4 is 53.5 Å². The molecule has 5 N–H and O–H groups in total. The van der Waals surface area contributed by atoms with Crippen LogP contribution in [-0.2, 0) is 14.8 Å². The highest BCUT2D eigenvalue weighted by Crippen LogP contribution is 2.36. The maximum Gasteiger partial charge on any atom is 0.246 e. The van der Waals surface area contributed by atoms with E-state index in [2.05, 4.69) is 31.9 Å². The Morgan fingerprint density at radius 3 is 2.33 bits per heavy atom. The Kier molecular flexibility index (Phi) is 4.64. The molecule has 2 atom stereocenters. The highest BCUT2D eigenvalue weighted by Gasteiger charge is 2.43. The maximum absolute atomic E-state index is 12.8. The van der Waals surface area contributed by atoms with E-state index in [0.29, 0.717) is 5.69 Å². The van der Waals surface area contributed by atoms with E-state index < -0.39 is 28.1 Å². The van der Waals surface area contributed by atoms with Crippen LogP contribution in [0.3, 0.4) is 0 Å². The third-order valence-corrected chi connectivity index (χ3v) is 6.90. The maximum atomic E-state index is 12.8. The van der Waals surface area contributed by atoms with Crippen LogP contribution in [0.4, 0.5) is 5.69 Å². The molecule has 2 rings (SSSR count). The number of nitrogen functional groups attached to an aromatic ring is 1. The van der Waals surface area contributed by atoms with Crippen molar-refractivity contribution in [3.63, 3.8) is 0 Å². The fraction of sp³-hybridized carbons (Fsp3) is 0.364. The molecule has 1 heterocycles. The van der Waals surface area contributed by atoms with Crippen LogP contribution in [-0.4, -0.2) is 42.4 Å². The van der Waals surface area contributed by atoms with Crippen molar-refractivity contribution in [3.05, 3.63) is 21.1 Å². The van der Waals surface area contributed by atoms with Gasteiger partial charge in [0.15, 0.2) is 0 Å². The monoisotopic (exact) mass is 441 g/mol. The normalized spacial score (nSPS) is 23.4. The van der Waals surface area contributed by atoms with Gasteiger partial charge in [0.25, 0.3) is 0 Å². The lowest BCUT2D eigenvalue weighted by molar-refractivity contribution is -0.121. The zero-order valence-electron chi connectivity index (χ0n) is 10.7. The minimum absolute atomic E-state index is 0.0151. The fourth-order valence-corrected chi connectivity index (χ4v) is 6.44. The number of hydrogen-bond acceptors (Lipinski definition) is 5. The Hall–Kier alpha value is -0.680. The molecule has 0 aliphatic carbocycles. The molecule has 0 saturated carbocycles. The van der Waals surface area contributed by atoms with Crippen LogP contribution in [0, 0.1) is 0 Å². The molecule has 0 bridgehead atoms. The highest BCUT2D eigenvalue weighted by molar-refractivity contribution is 9.11. The average molecular weight is 443 g/mol. The Morgan fingerprint density at radius 1 is 1.33 bits per heavy atom. The van der Waals surface area contributed by atoms with E-state index in [-0.39, 0.29) is 26.8 Å². The van der Waals surface area contributed by atoms with E-state index in [1.807, 2.05) is 0 Å². The van der Waals surface area contributed by atoms with Gasteiger partial charge in [-0.15, -0.1) is 0 Å². The Morgan fingerprint density at radius 2 is 1.86 bits per heavy atom. The van der Waals surface area contributed by atoms with Crippen LogP contribution < -0.4 is 11.5 Å². The summed E-state index contributed by atoms with van der Waals surface area (Å²) in [6.45, 7) is -0.181. The molecule has 1 aromatic carbocycles. The molecule has 2 unspecified atom stereocenters. The van der Waals surface area contributed by atoms with Gasteiger partial charge in [-0.1, -0.05) is 0 Å². The molecule has 1 amide bonds. The van der Waals surface area contributed by atoms with Gasteiger partial charge in [0.2, 0.25) is 15.9 Å². The van der Waals surface area contributed by atoms with E-state index in [0.717, 1.165) is 4.31 Å². The van der Waals surface area contributed by atoms with Crippen molar-refractivity contribution in [2.24, 2.45) is 5.73 Å². The SMILES string of the molecule is NC(=O)C1CC(O)CN1S(=O)(=O)c1c(Br)cc(N)cc1Br. The highest BCUT2D eigenvalue weighted by atomic mass is 79.9. The van der Waals surface area contributed by atoms with E-state index >= 15 is 0 Å². The standard InChI is InChI=1S/C11H13Br2N3O4S/c12-7-1-5(14)2-8(13)10(7)21(19,20)16-4-6(17)3-9(16)11(15)18/h1-2,6,9,17H,3-4,14H2,(H2,15,18). The van der Waals surface area contributed by atoms with Crippen molar-refractivity contribution in [2.75, 3.05) is 12.3 Å². The van der Waals surface area contributed by atoms with E-state index in [1.165, 1.54) is 12.1 Å². The number of primary amides is 1. The number of aliphatic hydroxyl groups is 1. The Labute approximate surface area is 138 Å². The number of β-amino-alcohol motifs (C(OH)–C–C–N with tert-alkyl or cyclic N) is 1. The molecule has 1 aromatic rings. The van der Waals surface area contributed by atoms with Gasteiger partial charge in [0.1, 0.15) is 10.9 Å². The third-order valence-electron chi connectivity index (χ3n) is 3.15. The summed E-state index contributed by atoms with van der Waals surface area (Å²) in [7, 11) is -4.02. The number of halogens is 2. The summed E-state index contributed by atoms with van der Waals surface area (Å²) in [6.07, 6.45) is -0.942. The number of hydrogen-bond donors (Lipinski definition) is 3. The second kappa shape index (κ2) is 5.84. The van der Waals surface area contributed by atoms with Gasteiger partial charge in [-0.2, -0.15) is 4.31 Å². The summed E-state index contributed by atoms with van der Waals surface area (Å²) in [4.78, 5) is 11.4. The zero-order chi connectivity index (χ0) is 15.9. The molecule has 116 valence electrons. The summed E-state index contributed by atoms with van der Waals surface area (Å²) >= 11 is 6.32. The number of carbonyl (C=O) groups is 1. The largest absolute Gasteiger partial charge is 0.399 e. The van der Waals surface area contributed by atoms with E-state index in [9.17, 15) is 18.3 Å². The van der Waals surface area contributed by atoms with Crippen molar-refractivity contribution in [1.29, 1.82) is 0 Å². The van der Waals surface area contributed by atoms with E-state index in [4.69, 9.17) is 11.5 Å². The molecule has 0 spiro atoms. The number of nitrogens with two attached hydrogens (primary N) is 2. The molecule has 10 heteroatoms. The lowest BCUT2D eigenvalue weighted by atomic mass is 10.2. The summed E-state index contributed by atoms with van der Waals surface area (Å²) in [6, 6.07) is 1.83. The number of carbonyl (C=O) groups excluding carboxylic acids is 1. The van der Waals surface area contributed by atoms with E-state index in [1.54, 1.807) is 0 Å². The lowest BCUT2D eigenvalue weighted by Gasteiger charge is -2.22. The molecule has 21 heavy (non-hydrogen) atoms. The summed E-state index contributed by atoms with van der Waals surface area (Å²) in [5.74, 6) is -0.794. The van der Waals surface area contributed by atoms with Crippen LogP contribution in [0.2, 0.25) is 0 Å². The van der Waals surface area contributed by atoms with Gasteiger partial charge in [-0.05, 0) is 44.0 Å². The van der Waals surface area contributed by atoms with Crippen molar-refractivity contribution in [2.45, 2.75) is 23.5 Å². The minimum Gasteiger partial charge on any atom is -0.399 e. The van der Waals surface area contributed by atoms with Crippen molar-refractivity contribution in [3.8, 4) is 0 Å². The van der Waals surface area contributed by atoms with Gasteiger partial charge in [-0.25, -0.2) is 8.42 Å². The first kappa shape index (κ1) is 16.7. The Balaban J connectivity index is 2.55. The van der Waals surface area contributed by atoms with Gasteiger partial charge in [0.05, 0.1) is 6.10 Å². The number of anilines is 1. The first-order valence-electron chi connectivity index (χ1n) is 5.88. The van der Waals surface area contributed by atoms with Crippen LogP contribution in [0.25, 0.3) is 0 Å². The van der Waals surface area contributed by atoms with Crippen molar-refractivity contribution < 1.29 is 18.3 Å². The number of aliphatic hydroxyl groups excluding tert-OH is 1. The van der Waals surface area contributed by atoms with Gasteiger partial charge >= 0.3 is 0 Å². The first-order chi connectivity index (χ1) is 9.64. The average Bonchev–Trinajstić information content (AvgIpc) is 2.70. The fourth-order valence-electron chi connectivity index (χ4n) is 2.25.